The van der Waals surface area contributed by atoms with Gasteiger partial charge in [-0.05, 0) is 84.9 Å². The zero-order chi connectivity index (χ0) is 38.5. The summed E-state index contributed by atoms with van der Waals surface area (Å²) in [5.41, 5.74) is 0.977. The van der Waals surface area contributed by atoms with E-state index in [9.17, 15) is 29.1 Å². The number of carboxylic acids is 1. The van der Waals surface area contributed by atoms with E-state index in [1.807, 2.05) is 42.5 Å². The molecule has 0 saturated carbocycles. The molecule has 3 aromatic rings. The van der Waals surface area contributed by atoms with Gasteiger partial charge in [-0.15, -0.1) is 0 Å². The Balaban J connectivity index is 1.81. The van der Waals surface area contributed by atoms with Gasteiger partial charge in [0.15, 0.2) is 6.04 Å². The Bertz CT molecular complexity index is 1650. The Labute approximate surface area is 304 Å². The number of ether oxygens (including phenoxy) is 3. The number of amides is 4. The highest BCUT2D eigenvalue weighted by molar-refractivity contribution is 5.93. The van der Waals surface area contributed by atoms with Crippen LogP contribution in [0.4, 0.5) is 9.59 Å². The minimum absolute atomic E-state index is 0.0259. The zero-order valence-corrected chi connectivity index (χ0v) is 31.0. The van der Waals surface area contributed by atoms with E-state index in [4.69, 9.17) is 14.2 Å². The second-order valence-electron chi connectivity index (χ2n) is 14.6. The SMILES string of the molecule is C[C@@H](OC(C)(C)C)[C@H](NC(=O)[C@H](CCCCNC(=O)OC(C)(C)C)NC(=O)[C@@H](Cc1c[nH]c2ccccc12)NC(=O)OCc1ccccc1)C(=O)O. The Morgan fingerprint density at radius 3 is 2.10 bits per heavy atom. The molecule has 3 rings (SSSR count). The summed E-state index contributed by atoms with van der Waals surface area (Å²) in [4.78, 5) is 68.3. The third-order valence-corrected chi connectivity index (χ3v) is 7.71. The van der Waals surface area contributed by atoms with Crippen LogP contribution in [-0.2, 0) is 41.6 Å². The number of carbonyl (C=O) groups excluding carboxylic acids is 4. The number of carbonyl (C=O) groups is 5. The van der Waals surface area contributed by atoms with Gasteiger partial charge in [-0.1, -0.05) is 48.5 Å². The van der Waals surface area contributed by atoms with Crippen LogP contribution in [0.15, 0.2) is 60.8 Å². The molecule has 0 aliphatic carbocycles. The smallest absolute Gasteiger partial charge is 0.408 e. The summed E-state index contributed by atoms with van der Waals surface area (Å²) in [5.74, 6) is -2.74. The molecule has 14 heteroatoms. The predicted octanol–water partition coefficient (Wildman–Crippen LogP) is 4.96. The quantitative estimate of drug-likeness (QED) is 0.104. The molecule has 0 aliphatic rings. The van der Waals surface area contributed by atoms with Crippen LogP contribution in [0.3, 0.4) is 0 Å². The van der Waals surface area contributed by atoms with Crippen LogP contribution in [0.1, 0.15) is 78.9 Å². The standard InChI is InChI=1S/C38H53N5O9/c1-24(51-37(2,3)4)31(34(46)47)43-32(44)29(19-13-14-20-39-35(48)52-38(5,6)7)41-33(45)30(21-26-22-40-28-18-12-11-17-27(26)28)42-36(49)50-23-25-15-9-8-10-16-25/h8-12,15-18,22,24,29-31,40H,13-14,19-21,23H2,1-7H3,(H,39,48)(H,41,45)(H,42,49)(H,43,44)(H,46,47)/t24-,29+,30-,31+/m1/s1. The van der Waals surface area contributed by atoms with Gasteiger partial charge in [-0.3, -0.25) is 9.59 Å². The van der Waals surface area contributed by atoms with E-state index < -0.39 is 65.4 Å². The average Bonchev–Trinajstić information content (AvgIpc) is 3.46. The van der Waals surface area contributed by atoms with Crippen molar-refractivity contribution in [1.29, 1.82) is 0 Å². The lowest BCUT2D eigenvalue weighted by Crippen LogP contribution is -2.58. The first kappa shape index (κ1) is 41.3. The van der Waals surface area contributed by atoms with Crippen LogP contribution in [-0.4, -0.2) is 82.0 Å². The van der Waals surface area contributed by atoms with E-state index >= 15 is 0 Å². The van der Waals surface area contributed by atoms with E-state index in [0.29, 0.717) is 12.8 Å². The predicted molar refractivity (Wildman–Crippen MR) is 195 cm³/mol. The highest BCUT2D eigenvalue weighted by atomic mass is 16.6. The van der Waals surface area contributed by atoms with E-state index in [1.165, 1.54) is 0 Å². The van der Waals surface area contributed by atoms with Crippen molar-refractivity contribution in [3.63, 3.8) is 0 Å². The van der Waals surface area contributed by atoms with Gasteiger partial charge in [-0.2, -0.15) is 0 Å². The maximum Gasteiger partial charge on any atom is 0.408 e. The lowest BCUT2D eigenvalue weighted by molar-refractivity contribution is -0.150. The third kappa shape index (κ3) is 14.3. The number of carboxylic acid groups (broad SMARTS) is 1. The number of fused-ring (bicyclic) bond motifs is 1. The van der Waals surface area contributed by atoms with Crippen molar-refractivity contribution >= 4 is 40.9 Å². The van der Waals surface area contributed by atoms with Crippen molar-refractivity contribution in [1.82, 2.24) is 26.3 Å². The lowest BCUT2D eigenvalue weighted by Gasteiger charge is -2.30. The highest BCUT2D eigenvalue weighted by Gasteiger charge is 2.34. The van der Waals surface area contributed by atoms with Gasteiger partial charge in [0.2, 0.25) is 11.8 Å². The number of H-pyrrole nitrogens is 1. The fraction of sp³-hybridized carbons (Fsp3) is 0.500. The molecule has 4 atom stereocenters. The van der Waals surface area contributed by atoms with Crippen molar-refractivity contribution in [3.8, 4) is 0 Å². The average molecular weight is 724 g/mol. The van der Waals surface area contributed by atoms with Crippen LogP contribution < -0.4 is 21.3 Å². The monoisotopic (exact) mass is 723 g/mol. The second kappa shape index (κ2) is 18.9. The molecule has 52 heavy (non-hydrogen) atoms. The Morgan fingerprint density at radius 2 is 1.44 bits per heavy atom. The molecule has 0 aliphatic heterocycles. The number of aromatic amines is 1. The van der Waals surface area contributed by atoms with Crippen molar-refractivity contribution in [2.24, 2.45) is 0 Å². The Hall–Kier alpha value is -5.11. The molecule has 2 aromatic carbocycles. The first-order chi connectivity index (χ1) is 24.4. The number of rotatable bonds is 17. The van der Waals surface area contributed by atoms with Crippen LogP contribution in [0.25, 0.3) is 10.9 Å². The minimum Gasteiger partial charge on any atom is -0.480 e. The van der Waals surface area contributed by atoms with Crippen LogP contribution in [0.5, 0.6) is 0 Å². The van der Waals surface area contributed by atoms with Crippen molar-refractivity contribution < 1.29 is 43.3 Å². The number of alkyl carbamates (subject to hydrolysis) is 2. The van der Waals surface area contributed by atoms with Gasteiger partial charge < -0.3 is 45.6 Å². The first-order valence-corrected chi connectivity index (χ1v) is 17.4. The Morgan fingerprint density at radius 1 is 0.788 bits per heavy atom. The Kier molecular flexibility index (Phi) is 15.0. The van der Waals surface area contributed by atoms with Gasteiger partial charge >= 0.3 is 18.2 Å². The molecule has 0 fully saturated rings. The van der Waals surface area contributed by atoms with Gasteiger partial charge in [0.1, 0.15) is 24.3 Å². The molecule has 1 aromatic heterocycles. The summed E-state index contributed by atoms with van der Waals surface area (Å²) in [7, 11) is 0. The molecule has 6 N–H and O–H groups in total. The van der Waals surface area contributed by atoms with Crippen LogP contribution >= 0.6 is 0 Å². The summed E-state index contributed by atoms with van der Waals surface area (Å²) in [6.45, 7) is 12.3. The topological polar surface area (TPSA) is 197 Å². The molecule has 0 unspecified atom stereocenters. The maximum atomic E-state index is 14.0. The van der Waals surface area contributed by atoms with E-state index in [2.05, 4.69) is 26.3 Å². The maximum absolute atomic E-state index is 14.0. The number of nitrogens with one attached hydrogen (secondary N) is 5. The van der Waals surface area contributed by atoms with E-state index in [-0.39, 0.29) is 26.0 Å². The fourth-order valence-corrected chi connectivity index (χ4v) is 5.42. The number of benzene rings is 2. The van der Waals surface area contributed by atoms with Crippen molar-refractivity contribution in [2.45, 2.75) is 116 Å². The molecule has 1 heterocycles. The normalized spacial score (nSPS) is 14.0. The molecular weight excluding hydrogens is 670 g/mol. The number of aromatic nitrogens is 1. The van der Waals surface area contributed by atoms with Gasteiger partial charge in [0.05, 0.1) is 11.7 Å². The number of aliphatic carboxylic acids is 1. The van der Waals surface area contributed by atoms with E-state index in [0.717, 1.165) is 22.0 Å². The van der Waals surface area contributed by atoms with Crippen molar-refractivity contribution in [2.75, 3.05) is 6.54 Å². The third-order valence-electron chi connectivity index (χ3n) is 7.71. The van der Waals surface area contributed by atoms with Crippen LogP contribution in [0, 0.1) is 0 Å². The number of hydrogen-bond donors (Lipinski definition) is 6. The fourth-order valence-electron chi connectivity index (χ4n) is 5.42. The molecule has 0 saturated heterocycles. The van der Waals surface area contributed by atoms with Crippen LogP contribution in [0.2, 0.25) is 0 Å². The molecular formula is C38H53N5O9. The van der Waals surface area contributed by atoms with Gasteiger partial charge in [0.25, 0.3) is 0 Å². The zero-order valence-electron chi connectivity index (χ0n) is 31.0. The molecule has 0 spiro atoms. The van der Waals surface area contributed by atoms with Gasteiger partial charge in [0, 0.05) is 30.1 Å². The highest BCUT2D eigenvalue weighted by Crippen LogP contribution is 2.20. The molecule has 4 amide bonds. The number of hydrogen-bond acceptors (Lipinski definition) is 8. The summed E-state index contributed by atoms with van der Waals surface area (Å²) in [6.07, 6.45) is 0.345. The molecule has 284 valence electrons. The molecule has 0 bridgehead atoms. The summed E-state index contributed by atoms with van der Waals surface area (Å²) in [5, 5.41) is 21.4. The second-order valence-corrected chi connectivity index (χ2v) is 14.6. The lowest BCUT2D eigenvalue weighted by atomic mass is 10.0. The van der Waals surface area contributed by atoms with Gasteiger partial charge in [-0.25, -0.2) is 14.4 Å². The summed E-state index contributed by atoms with van der Waals surface area (Å²) >= 11 is 0. The molecule has 14 nitrogen and oxygen atoms in total. The summed E-state index contributed by atoms with van der Waals surface area (Å²) in [6, 6.07) is 12.8. The largest absolute Gasteiger partial charge is 0.480 e. The van der Waals surface area contributed by atoms with Crippen molar-refractivity contribution in [3.05, 3.63) is 71.9 Å². The molecule has 0 radical (unpaired) electrons. The van der Waals surface area contributed by atoms with E-state index in [1.54, 1.807) is 66.8 Å². The minimum atomic E-state index is -1.42. The number of para-hydroxylation sites is 1. The number of unbranched alkanes of at least 4 members (excludes halogenated alkanes) is 1. The summed E-state index contributed by atoms with van der Waals surface area (Å²) < 4.78 is 16.5. The first-order valence-electron chi connectivity index (χ1n) is 17.4.